The summed E-state index contributed by atoms with van der Waals surface area (Å²) in [5.41, 5.74) is 0. The maximum atomic E-state index is 10.3. The van der Waals surface area contributed by atoms with Crippen molar-refractivity contribution in [1.82, 2.24) is 4.98 Å². The second-order valence-corrected chi connectivity index (χ2v) is 4.77. The van der Waals surface area contributed by atoms with Crippen molar-refractivity contribution in [2.45, 2.75) is 25.7 Å². The molecule has 1 heterocycles. The molecule has 0 amide bonds. The molecular formula is C11H12Cl3NO3. The molecule has 0 aliphatic rings. The molecule has 7 heteroatoms. The molecule has 0 aliphatic carbocycles. The summed E-state index contributed by atoms with van der Waals surface area (Å²) in [4.78, 5) is 14.2. The molecule has 0 atom stereocenters. The van der Waals surface area contributed by atoms with E-state index < -0.39 is 5.97 Å². The quantitative estimate of drug-likeness (QED) is 0.609. The average molecular weight is 313 g/mol. The van der Waals surface area contributed by atoms with Crippen LogP contribution in [0.25, 0.3) is 0 Å². The number of hydrogen-bond acceptors (Lipinski definition) is 3. The van der Waals surface area contributed by atoms with Gasteiger partial charge in [-0.1, -0.05) is 34.8 Å². The van der Waals surface area contributed by atoms with Crippen LogP contribution >= 0.6 is 34.8 Å². The fourth-order valence-corrected chi connectivity index (χ4v) is 1.80. The van der Waals surface area contributed by atoms with E-state index >= 15 is 0 Å². The van der Waals surface area contributed by atoms with Gasteiger partial charge in [-0.2, -0.15) is 4.98 Å². The van der Waals surface area contributed by atoms with Crippen molar-refractivity contribution in [3.63, 3.8) is 0 Å². The number of aliphatic carboxylic acids is 1. The van der Waals surface area contributed by atoms with Gasteiger partial charge in [-0.3, -0.25) is 4.79 Å². The number of hydrogen-bond donors (Lipinski definition) is 1. The molecule has 1 rings (SSSR count). The van der Waals surface area contributed by atoms with E-state index in [9.17, 15) is 4.79 Å². The molecule has 1 aromatic rings. The number of nitrogens with zero attached hydrogens (tertiary/aromatic N) is 1. The van der Waals surface area contributed by atoms with Gasteiger partial charge in [0.15, 0.2) is 5.15 Å². The number of pyridine rings is 1. The Bertz CT molecular complexity index is 426. The van der Waals surface area contributed by atoms with Gasteiger partial charge in [0.2, 0.25) is 5.88 Å². The van der Waals surface area contributed by atoms with Crippen LogP contribution in [-0.2, 0) is 4.79 Å². The lowest BCUT2D eigenvalue weighted by molar-refractivity contribution is -0.137. The number of unbranched alkanes of at least 4 members (excludes halogenated alkanes) is 2. The van der Waals surface area contributed by atoms with Gasteiger partial charge >= 0.3 is 5.97 Å². The minimum atomic E-state index is -0.787. The summed E-state index contributed by atoms with van der Waals surface area (Å²) in [6, 6.07) is 1.47. The monoisotopic (exact) mass is 311 g/mol. The first-order chi connectivity index (χ1) is 8.50. The van der Waals surface area contributed by atoms with Crippen LogP contribution in [0.2, 0.25) is 15.2 Å². The maximum absolute atomic E-state index is 10.3. The Labute approximate surface area is 120 Å². The summed E-state index contributed by atoms with van der Waals surface area (Å²) in [6.07, 6.45) is 2.30. The Hall–Kier alpha value is -0.710. The van der Waals surface area contributed by atoms with Gasteiger partial charge in [-0.15, -0.1) is 0 Å². The van der Waals surface area contributed by atoms with Crippen LogP contribution < -0.4 is 4.74 Å². The van der Waals surface area contributed by atoms with Crippen LogP contribution in [0.3, 0.4) is 0 Å². The van der Waals surface area contributed by atoms with Crippen molar-refractivity contribution < 1.29 is 14.6 Å². The van der Waals surface area contributed by atoms with Crippen LogP contribution in [-0.4, -0.2) is 22.7 Å². The van der Waals surface area contributed by atoms with Gasteiger partial charge < -0.3 is 9.84 Å². The van der Waals surface area contributed by atoms with Gasteiger partial charge in [0.1, 0.15) is 5.02 Å². The van der Waals surface area contributed by atoms with E-state index in [0.29, 0.717) is 18.1 Å². The van der Waals surface area contributed by atoms with Gasteiger partial charge in [-0.05, 0) is 25.3 Å². The van der Waals surface area contributed by atoms with Crippen molar-refractivity contribution in [2.75, 3.05) is 6.61 Å². The zero-order valence-corrected chi connectivity index (χ0v) is 11.7. The zero-order chi connectivity index (χ0) is 13.5. The van der Waals surface area contributed by atoms with Gasteiger partial charge in [0.05, 0.1) is 11.6 Å². The third-order valence-corrected chi connectivity index (χ3v) is 3.07. The molecule has 0 spiro atoms. The van der Waals surface area contributed by atoms with Crippen molar-refractivity contribution in [3.05, 3.63) is 21.3 Å². The smallest absolute Gasteiger partial charge is 0.303 e. The SMILES string of the molecule is O=C(O)CCCCCOc1nc(Cl)c(Cl)cc1Cl. The Kier molecular flexibility index (Phi) is 6.54. The first-order valence-electron chi connectivity index (χ1n) is 5.37. The molecule has 0 aromatic carbocycles. The predicted molar refractivity (Wildman–Crippen MR) is 70.9 cm³/mol. The van der Waals surface area contributed by atoms with E-state index in [2.05, 4.69) is 4.98 Å². The predicted octanol–water partition coefficient (Wildman–Crippen LogP) is 4.07. The number of carbonyl (C=O) groups is 1. The highest BCUT2D eigenvalue weighted by Gasteiger charge is 2.08. The molecule has 18 heavy (non-hydrogen) atoms. The summed E-state index contributed by atoms with van der Waals surface area (Å²) >= 11 is 17.3. The number of aromatic nitrogens is 1. The first kappa shape index (κ1) is 15.3. The number of ether oxygens (including phenoxy) is 1. The topological polar surface area (TPSA) is 59.4 Å². The Morgan fingerprint density at radius 3 is 2.61 bits per heavy atom. The average Bonchev–Trinajstić information content (AvgIpc) is 2.29. The second-order valence-electron chi connectivity index (χ2n) is 3.60. The molecular weight excluding hydrogens is 300 g/mol. The highest BCUT2D eigenvalue weighted by atomic mass is 35.5. The second kappa shape index (κ2) is 7.67. The zero-order valence-electron chi connectivity index (χ0n) is 9.46. The normalized spacial score (nSPS) is 10.4. The van der Waals surface area contributed by atoms with Crippen molar-refractivity contribution in [1.29, 1.82) is 0 Å². The lowest BCUT2D eigenvalue weighted by Crippen LogP contribution is -2.01. The summed E-state index contributed by atoms with van der Waals surface area (Å²) in [5, 5.41) is 9.17. The summed E-state index contributed by atoms with van der Waals surface area (Å²) in [5.74, 6) is -0.547. The molecule has 1 N–H and O–H groups in total. The number of carboxylic acid groups (broad SMARTS) is 1. The Morgan fingerprint density at radius 2 is 1.94 bits per heavy atom. The summed E-state index contributed by atoms with van der Waals surface area (Å²) in [6.45, 7) is 0.407. The minimum Gasteiger partial charge on any atom is -0.481 e. The molecule has 0 unspecified atom stereocenters. The highest BCUT2D eigenvalue weighted by molar-refractivity contribution is 6.42. The third-order valence-electron chi connectivity index (χ3n) is 2.13. The van der Waals surface area contributed by atoms with E-state index in [0.717, 1.165) is 12.8 Å². The van der Waals surface area contributed by atoms with Crippen LogP contribution in [0.4, 0.5) is 0 Å². The van der Waals surface area contributed by atoms with Crippen LogP contribution in [0, 0.1) is 0 Å². The molecule has 0 saturated carbocycles. The van der Waals surface area contributed by atoms with Gasteiger partial charge in [-0.25, -0.2) is 0 Å². The van der Waals surface area contributed by atoms with Crippen LogP contribution in [0.15, 0.2) is 6.07 Å². The number of carboxylic acids is 1. The lowest BCUT2D eigenvalue weighted by atomic mass is 10.2. The van der Waals surface area contributed by atoms with E-state index in [4.69, 9.17) is 44.6 Å². The van der Waals surface area contributed by atoms with Gasteiger partial charge in [0, 0.05) is 6.42 Å². The summed E-state index contributed by atoms with van der Waals surface area (Å²) < 4.78 is 5.35. The Balaban J connectivity index is 2.31. The van der Waals surface area contributed by atoms with Gasteiger partial charge in [0.25, 0.3) is 0 Å². The van der Waals surface area contributed by atoms with E-state index in [1.165, 1.54) is 6.07 Å². The van der Waals surface area contributed by atoms with Crippen molar-refractivity contribution in [2.24, 2.45) is 0 Å². The summed E-state index contributed by atoms with van der Waals surface area (Å²) in [7, 11) is 0. The number of rotatable bonds is 7. The molecule has 0 saturated heterocycles. The fourth-order valence-electron chi connectivity index (χ4n) is 1.25. The van der Waals surface area contributed by atoms with Crippen molar-refractivity contribution >= 4 is 40.8 Å². The minimum absolute atomic E-state index is 0.141. The molecule has 0 radical (unpaired) electrons. The fraction of sp³-hybridized carbons (Fsp3) is 0.455. The van der Waals surface area contributed by atoms with E-state index in [-0.39, 0.29) is 22.5 Å². The molecule has 100 valence electrons. The maximum Gasteiger partial charge on any atom is 0.303 e. The lowest BCUT2D eigenvalue weighted by Gasteiger charge is -2.07. The Morgan fingerprint density at radius 1 is 1.22 bits per heavy atom. The van der Waals surface area contributed by atoms with E-state index in [1.54, 1.807) is 0 Å². The molecule has 4 nitrogen and oxygen atoms in total. The third kappa shape index (κ3) is 5.29. The van der Waals surface area contributed by atoms with E-state index in [1.807, 2.05) is 0 Å². The largest absolute Gasteiger partial charge is 0.481 e. The first-order valence-corrected chi connectivity index (χ1v) is 6.50. The molecule has 1 aromatic heterocycles. The highest BCUT2D eigenvalue weighted by Crippen LogP contribution is 2.30. The standard InChI is InChI=1S/C11H12Cl3NO3/c12-7-6-8(13)11(15-10(7)14)18-5-3-1-2-4-9(16)17/h6H,1-5H2,(H,16,17). The van der Waals surface area contributed by atoms with Crippen LogP contribution in [0.1, 0.15) is 25.7 Å². The van der Waals surface area contributed by atoms with Crippen LogP contribution in [0.5, 0.6) is 5.88 Å². The molecule has 0 fully saturated rings. The molecule has 0 bridgehead atoms. The number of halogens is 3. The van der Waals surface area contributed by atoms with Crippen molar-refractivity contribution in [3.8, 4) is 5.88 Å². The molecule has 0 aliphatic heterocycles.